The molecule has 0 amide bonds. The van der Waals surface area contributed by atoms with Crippen LogP contribution in [0.5, 0.6) is 0 Å². The molecule has 1 N–H and O–H groups in total. The molecule has 15 heavy (non-hydrogen) atoms. The van der Waals surface area contributed by atoms with Crippen molar-refractivity contribution in [1.29, 1.82) is 0 Å². The van der Waals surface area contributed by atoms with Gasteiger partial charge in [0, 0.05) is 0 Å². The van der Waals surface area contributed by atoms with Gasteiger partial charge in [-0.25, -0.2) is 15.0 Å². The highest BCUT2D eigenvalue weighted by Crippen LogP contribution is 2.34. The van der Waals surface area contributed by atoms with Crippen LogP contribution in [-0.2, 0) is 4.59 Å². The number of H-pyrrole nitrogens is 1. The van der Waals surface area contributed by atoms with E-state index in [9.17, 15) is 4.39 Å². The number of hydrogen-bond acceptors (Lipinski definition) is 3. The smallest absolute Gasteiger partial charge is 0.315 e. The first kappa shape index (κ1) is 11.1. The van der Waals surface area contributed by atoms with Gasteiger partial charge >= 0.3 is 4.59 Å². The van der Waals surface area contributed by atoms with Crippen molar-refractivity contribution in [2.45, 2.75) is 4.59 Å². The van der Waals surface area contributed by atoms with Crippen LogP contribution in [0.1, 0.15) is 5.82 Å². The van der Waals surface area contributed by atoms with E-state index < -0.39 is 4.59 Å². The van der Waals surface area contributed by atoms with Gasteiger partial charge in [0.05, 0.1) is 0 Å². The molecule has 9 heteroatoms. The number of halogens is 5. The number of imidazole rings is 1. The fourth-order valence-electron chi connectivity index (χ4n) is 0.928. The summed E-state index contributed by atoms with van der Waals surface area (Å²) in [6.07, 6.45) is 0. The molecular weight excluding hydrogens is 289 g/mol. The number of fused-ring (bicyclic) bond motifs is 1. The third-order valence-corrected chi connectivity index (χ3v) is 2.50. The summed E-state index contributed by atoms with van der Waals surface area (Å²) in [7, 11) is 0. The number of alkyl halides is 3. The molecule has 0 aliphatic rings. The lowest BCUT2D eigenvalue weighted by Crippen LogP contribution is -2.03. The molecule has 0 atom stereocenters. The average Bonchev–Trinajstić information content (AvgIpc) is 2.47. The van der Waals surface area contributed by atoms with E-state index in [0.29, 0.717) is 0 Å². The summed E-state index contributed by atoms with van der Waals surface area (Å²) >= 11 is 21.6. The van der Waals surface area contributed by atoms with Crippen LogP contribution in [0.15, 0.2) is 0 Å². The third-order valence-electron chi connectivity index (χ3n) is 1.52. The number of nitrogens with one attached hydrogen (secondary N) is 1. The maximum absolute atomic E-state index is 13.1. The molecule has 0 aliphatic heterocycles. The molecule has 0 saturated heterocycles. The predicted molar refractivity (Wildman–Crippen MR) is 56.2 cm³/mol. The number of rotatable bonds is 1. The van der Waals surface area contributed by atoms with E-state index in [0.717, 1.165) is 0 Å². The Hall–Kier alpha value is -0.360. The van der Waals surface area contributed by atoms with Crippen LogP contribution in [0.4, 0.5) is 4.39 Å². The first-order valence-electron chi connectivity index (χ1n) is 3.54. The minimum atomic E-state index is -2.64. The number of aromatic nitrogens is 4. The Kier molecular flexibility index (Phi) is 2.66. The summed E-state index contributed by atoms with van der Waals surface area (Å²) in [6, 6.07) is 0. The highest BCUT2D eigenvalue weighted by Gasteiger charge is 2.30. The van der Waals surface area contributed by atoms with Gasteiger partial charge in [-0.15, -0.1) is 0 Å². The number of aromatic amines is 1. The van der Waals surface area contributed by atoms with Crippen LogP contribution in [0, 0.1) is 0 Å². The molecule has 0 saturated carbocycles. The van der Waals surface area contributed by atoms with Gasteiger partial charge in [-0.05, 0) is 0 Å². The molecule has 2 heterocycles. The van der Waals surface area contributed by atoms with Crippen molar-refractivity contribution in [2.24, 2.45) is 0 Å². The largest absolute Gasteiger partial charge is 0.320 e. The van der Waals surface area contributed by atoms with E-state index in [-0.39, 0.29) is 27.4 Å². The zero-order valence-corrected chi connectivity index (χ0v) is 9.76. The summed E-state index contributed by atoms with van der Waals surface area (Å²) in [5.41, 5.74) is 0.241. The van der Waals surface area contributed by atoms with Crippen LogP contribution in [0.3, 0.4) is 0 Å². The normalized spacial score (nSPS) is 12.3. The lowest BCUT2D eigenvalue weighted by Gasteiger charge is -2.02. The monoisotopic (exact) mass is 288 g/mol. The first-order chi connectivity index (χ1) is 6.88. The quantitative estimate of drug-likeness (QED) is 0.820. The second kappa shape index (κ2) is 3.59. The fraction of sp³-hybridized carbons (Fsp3) is 0.167. The summed E-state index contributed by atoms with van der Waals surface area (Å²) in [5, 5.41) is -0.0520. The van der Waals surface area contributed by atoms with Gasteiger partial charge in [-0.3, -0.25) is 0 Å². The van der Waals surface area contributed by atoms with Crippen molar-refractivity contribution < 1.29 is 4.39 Å². The predicted octanol–water partition coefficient (Wildman–Crippen LogP) is 3.22. The molecule has 0 radical (unpaired) electrons. The van der Waals surface area contributed by atoms with Gasteiger partial charge < -0.3 is 4.98 Å². The summed E-state index contributed by atoms with van der Waals surface area (Å²) < 4.78 is 10.4. The van der Waals surface area contributed by atoms with Gasteiger partial charge in [-0.1, -0.05) is 46.4 Å². The van der Waals surface area contributed by atoms with Crippen molar-refractivity contribution >= 4 is 57.7 Å². The molecule has 0 unspecified atom stereocenters. The van der Waals surface area contributed by atoms with E-state index in [2.05, 4.69) is 19.9 Å². The maximum atomic E-state index is 13.1. The van der Waals surface area contributed by atoms with Crippen molar-refractivity contribution in [1.82, 2.24) is 19.9 Å². The molecule has 0 aromatic carbocycles. The molecule has 0 fully saturated rings. The van der Waals surface area contributed by atoms with Crippen LogP contribution in [-0.4, -0.2) is 19.9 Å². The van der Waals surface area contributed by atoms with Crippen molar-refractivity contribution in [2.75, 3.05) is 0 Å². The van der Waals surface area contributed by atoms with Crippen LogP contribution < -0.4 is 0 Å². The van der Waals surface area contributed by atoms with Gasteiger partial charge in [0.2, 0.25) is 0 Å². The van der Waals surface area contributed by atoms with Crippen LogP contribution in [0.2, 0.25) is 10.3 Å². The Morgan fingerprint density at radius 3 is 2.27 bits per heavy atom. The van der Waals surface area contributed by atoms with E-state index in [1.165, 1.54) is 0 Å². The van der Waals surface area contributed by atoms with Gasteiger partial charge in [0.15, 0.2) is 27.4 Å². The molecule has 2 aromatic heterocycles. The van der Waals surface area contributed by atoms with Gasteiger partial charge in [0.1, 0.15) is 0 Å². The van der Waals surface area contributed by atoms with Crippen molar-refractivity contribution in [3.05, 3.63) is 16.1 Å². The van der Waals surface area contributed by atoms with Crippen molar-refractivity contribution in [3.63, 3.8) is 0 Å². The van der Waals surface area contributed by atoms with E-state index in [1.54, 1.807) is 0 Å². The topological polar surface area (TPSA) is 54.5 Å². The number of hydrogen-bond donors (Lipinski definition) is 1. The lowest BCUT2D eigenvalue weighted by molar-refractivity contribution is 0.389. The molecule has 4 nitrogen and oxygen atoms in total. The Balaban J connectivity index is 2.66. The van der Waals surface area contributed by atoms with E-state index in [1.807, 2.05) is 0 Å². The van der Waals surface area contributed by atoms with E-state index in [4.69, 9.17) is 46.4 Å². The molecule has 0 bridgehead atoms. The average molecular weight is 290 g/mol. The molecular formula is C6HCl4FN4. The highest BCUT2D eigenvalue weighted by atomic mass is 35.5. The van der Waals surface area contributed by atoms with Crippen LogP contribution >= 0.6 is 46.4 Å². The van der Waals surface area contributed by atoms with E-state index >= 15 is 0 Å². The summed E-state index contributed by atoms with van der Waals surface area (Å²) in [4.78, 5) is 13.6. The highest BCUT2D eigenvalue weighted by molar-refractivity contribution is 6.46. The lowest BCUT2D eigenvalue weighted by atomic mass is 10.7. The van der Waals surface area contributed by atoms with Gasteiger partial charge in [-0.2, -0.15) is 4.39 Å². The minimum absolute atomic E-state index is 0.0204. The van der Waals surface area contributed by atoms with Crippen molar-refractivity contribution in [3.8, 4) is 0 Å². The zero-order valence-electron chi connectivity index (χ0n) is 6.73. The molecule has 80 valence electrons. The Morgan fingerprint density at radius 1 is 1.07 bits per heavy atom. The molecule has 0 aliphatic carbocycles. The fourth-order valence-corrected chi connectivity index (χ4v) is 1.36. The summed E-state index contributed by atoms with van der Waals surface area (Å²) in [5.74, 6) is -0.320. The third kappa shape index (κ3) is 2.10. The first-order valence-corrected chi connectivity index (χ1v) is 5.05. The zero-order chi connectivity index (χ0) is 11.2. The Morgan fingerprint density at radius 2 is 1.67 bits per heavy atom. The molecule has 2 rings (SSSR count). The maximum Gasteiger partial charge on any atom is 0.315 e. The standard InChI is InChI=1S/C6HCl4FN4/c7-1-2(8)13-4-3(12-1)14-5(15-4)6(9,10)11/h(H,12,13,14,15). The Bertz CT molecular complexity index is 481. The second-order valence-corrected chi connectivity index (χ2v) is 4.51. The van der Waals surface area contributed by atoms with Gasteiger partial charge in [0.25, 0.3) is 0 Å². The van der Waals surface area contributed by atoms with Crippen LogP contribution in [0.25, 0.3) is 11.3 Å². The summed E-state index contributed by atoms with van der Waals surface area (Å²) in [6.45, 7) is 0. The SMILES string of the molecule is FC(Cl)(Cl)c1nc2nc(Cl)c(Cl)nc2[nH]1. The molecule has 0 spiro atoms. The minimum Gasteiger partial charge on any atom is -0.320 e. The Labute approximate surface area is 103 Å². The number of nitrogens with zero attached hydrogens (tertiary/aromatic N) is 3. The second-order valence-electron chi connectivity index (χ2n) is 2.56. The molecule has 2 aromatic rings.